The van der Waals surface area contributed by atoms with E-state index >= 15 is 0 Å². The zero-order valence-electron chi connectivity index (χ0n) is 16.3. The van der Waals surface area contributed by atoms with Crippen LogP contribution in [0.15, 0.2) is 54.6 Å². The highest BCUT2D eigenvalue weighted by molar-refractivity contribution is 5.74. The van der Waals surface area contributed by atoms with Gasteiger partial charge in [-0.25, -0.2) is 4.79 Å². The number of hydrogen-bond donors (Lipinski definition) is 2. The summed E-state index contributed by atoms with van der Waals surface area (Å²) in [6, 6.07) is 18.8. The van der Waals surface area contributed by atoms with Crippen LogP contribution in [0.4, 0.5) is 4.79 Å². The van der Waals surface area contributed by atoms with E-state index in [-0.39, 0.29) is 11.4 Å². The SMILES string of the molecule is O=C(NCc1ccccc1CN1CCOCC1)NCC1(c2ccccc2)CC1. The summed E-state index contributed by atoms with van der Waals surface area (Å²) in [4.78, 5) is 14.8. The van der Waals surface area contributed by atoms with Gasteiger partial charge in [0.25, 0.3) is 0 Å². The van der Waals surface area contributed by atoms with E-state index in [0.717, 1.165) is 45.7 Å². The predicted molar refractivity (Wildman–Crippen MR) is 110 cm³/mol. The number of ether oxygens (including phenoxy) is 1. The molecule has 2 aromatic carbocycles. The first-order valence-electron chi connectivity index (χ1n) is 10.2. The molecule has 0 atom stereocenters. The van der Waals surface area contributed by atoms with Crippen molar-refractivity contribution in [3.05, 3.63) is 71.3 Å². The average molecular weight is 380 g/mol. The molecule has 2 aromatic rings. The van der Waals surface area contributed by atoms with Crippen molar-refractivity contribution in [1.82, 2.24) is 15.5 Å². The normalized spacial score (nSPS) is 18.4. The highest BCUT2D eigenvalue weighted by Gasteiger charge is 2.44. The van der Waals surface area contributed by atoms with Crippen molar-refractivity contribution in [3.8, 4) is 0 Å². The summed E-state index contributed by atoms with van der Waals surface area (Å²) in [5.41, 5.74) is 3.90. The molecular formula is C23H29N3O2. The molecule has 1 aliphatic heterocycles. The lowest BCUT2D eigenvalue weighted by Gasteiger charge is -2.27. The van der Waals surface area contributed by atoms with Gasteiger partial charge in [-0.2, -0.15) is 0 Å². The van der Waals surface area contributed by atoms with Crippen LogP contribution in [0.25, 0.3) is 0 Å². The van der Waals surface area contributed by atoms with Crippen molar-refractivity contribution in [3.63, 3.8) is 0 Å². The fourth-order valence-corrected chi connectivity index (χ4v) is 3.88. The number of rotatable bonds is 7. The summed E-state index contributed by atoms with van der Waals surface area (Å²) in [6.07, 6.45) is 2.28. The van der Waals surface area contributed by atoms with E-state index < -0.39 is 0 Å². The first-order chi connectivity index (χ1) is 13.8. The van der Waals surface area contributed by atoms with Gasteiger partial charge in [0.1, 0.15) is 0 Å². The average Bonchev–Trinajstić information content (AvgIpc) is 3.54. The standard InChI is InChI=1S/C23H29N3O2/c27-22(25-18-23(10-11-23)21-8-2-1-3-9-21)24-16-19-6-4-5-7-20(19)17-26-12-14-28-15-13-26/h1-9H,10-18H2,(H2,24,25,27). The number of amides is 2. The number of urea groups is 1. The smallest absolute Gasteiger partial charge is 0.315 e. The molecule has 0 unspecified atom stereocenters. The quantitative estimate of drug-likeness (QED) is 0.777. The maximum atomic E-state index is 12.4. The van der Waals surface area contributed by atoms with E-state index in [1.807, 2.05) is 12.1 Å². The van der Waals surface area contributed by atoms with Crippen LogP contribution in [0.5, 0.6) is 0 Å². The fourth-order valence-electron chi connectivity index (χ4n) is 3.88. The Morgan fingerprint density at radius 3 is 2.32 bits per heavy atom. The van der Waals surface area contributed by atoms with Gasteiger partial charge < -0.3 is 15.4 Å². The predicted octanol–water partition coefficient (Wildman–Crippen LogP) is 3.05. The zero-order valence-corrected chi connectivity index (χ0v) is 16.3. The van der Waals surface area contributed by atoms with E-state index in [0.29, 0.717) is 13.1 Å². The third kappa shape index (κ3) is 4.72. The van der Waals surface area contributed by atoms with Crippen molar-refractivity contribution >= 4 is 6.03 Å². The number of morpholine rings is 1. The lowest BCUT2D eigenvalue weighted by atomic mass is 9.96. The second-order valence-electron chi connectivity index (χ2n) is 7.84. The van der Waals surface area contributed by atoms with Crippen LogP contribution in [0.3, 0.4) is 0 Å². The fraction of sp³-hybridized carbons (Fsp3) is 0.435. The lowest BCUT2D eigenvalue weighted by Crippen LogP contribution is -2.40. The monoisotopic (exact) mass is 379 g/mol. The molecule has 2 amide bonds. The Labute approximate surface area is 167 Å². The first-order valence-corrected chi connectivity index (χ1v) is 10.2. The van der Waals surface area contributed by atoms with Crippen LogP contribution >= 0.6 is 0 Å². The molecule has 2 N–H and O–H groups in total. The largest absolute Gasteiger partial charge is 0.379 e. The number of benzene rings is 2. The summed E-state index contributed by atoms with van der Waals surface area (Å²) in [5, 5.41) is 6.11. The van der Waals surface area contributed by atoms with E-state index in [1.54, 1.807) is 0 Å². The Balaban J connectivity index is 1.28. The Morgan fingerprint density at radius 1 is 0.929 bits per heavy atom. The van der Waals surface area contributed by atoms with Gasteiger partial charge in [0.15, 0.2) is 0 Å². The molecule has 0 radical (unpaired) electrons. The van der Waals surface area contributed by atoms with Gasteiger partial charge >= 0.3 is 6.03 Å². The Bertz CT molecular complexity index is 783. The molecule has 28 heavy (non-hydrogen) atoms. The second kappa shape index (κ2) is 8.76. The highest BCUT2D eigenvalue weighted by Crippen LogP contribution is 2.47. The first kappa shape index (κ1) is 19.0. The van der Waals surface area contributed by atoms with Crippen LogP contribution in [-0.4, -0.2) is 43.8 Å². The summed E-state index contributed by atoms with van der Waals surface area (Å²) >= 11 is 0. The molecule has 5 heteroatoms. The number of nitrogens with one attached hydrogen (secondary N) is 2. The molecule has 1 aliphatic carbocycles. The van der Waals surface area contributed by atoms with Crippen molar-refractivity contribution in [2.75, 3.05) is 32.8 Å². The van der Waals surface area contributed by atoms with Crippen LogP contribution < -0.4 is 10.6 Å². The summed E-state index contributed by atoms with van der Waals surface area (Å²) in [5.74, 6) is 0. The van der Waals surface area contributed by atoms with Crippen LogP contribution in [0.1, 0.15) is 29.5 Å². The maximum absolute atomic E-state index is 12.4. The van der Waals surface area contributed by atoms with E-state index in [1.165, 1.54) is 16.7 Å². The van der Waals surface area contributed by atoms with Crippen LogP contribution in [0.2, 0.25) is 0 Å². The summed E-state index contributed by atoms with van der Waals surface area (Å²) in [7, 11) is 0. The molecule has 2 aliphatic rings. The minimum absolute atomic E-state index is 0.0941. The summed E-state index contributed by atoms with van der Waals surface area (Å²) < 4.78 is 5.43. The molecule has 0 spiro atoms. The molecule has 4 rings (SSSR count). The van der Waals surface area contributed by atoms with Gasteiger partial charge in [0, 0.05) is 38.1 Å². The molecule has 0 bridgehead atoms. The number of carbonyl (C=O) groups is 1. The van der Waals surface area contributed by atoms with E-state index in [4.69, 9.17) is 4.74 Å². The number of nitrogens with zero attached hydrogens (tertiary/aromatic N) is 1. The molecular weight excluding hydrogens is 350 g/mol. The maximum Gasteiger partial charge on any atom is 0.315 e. The van der Waals surface area contributed by atoms with Gasteiger partial charge in [0.2, 0.25) is 0 Å². The van der Waals surface area contributed by atoms with Gasteiger partial charge in [-0.3, -0.25) is 4.90 Å². The molecule has 0 aromatic heterocycles. The Morgan fingerprint density at radius 2 is 1.61 bits per heavy atom. The number of hydrogen-bond acceptors (Lipinski definition) is 3. The van der Waals surface area contributed by atoms with Crippen molar-refractivity contribution in [1.29, 1.82) is 0 Å². The third-order valence-electron chi connectivity index (χ3n) is 5.88. The molecule has 148 valence electrons. The number of carbonyl (C=O) groups excluding carboxylic acids is 1. The molecule has 5 nitrogen and oxygen atoms in total. The van der Waals surface area contributed by atoms with E-state index in [2.05, 4.69) is 58.0 Å². The third-order valence-corrected chi connectivity index (χ3v) is 5.88. The van der Waals surface area contributed by atoms with E-state index in [9.17, 15) is 4.79 Å². The van der Waals surface area contributed by atoms with Crippen molar-refractivity contribution < 1.29 is 9.53 Å². The van der Waals surface area contributed by atoms with Gasteiger partial charge in [-0.05, 0) is 29.5 Å². The van der Waals surface area contributed by atoms with Crippen LogP contribution in [0, 0.1) is 0 Å². The van der Waals surface area contributed by atoms with Crippen molar-refractivity contribution in [2.45, 2.75) is 31.3 Å². The topological polar surface area (TPSA) is 53.6 Å². The molecule has 2 fully saturated rings. The van der Waals surface area contributed by atoms with Crippen LogP contribution in [-0.2, 0) is 23.2 Å². The molecule has 1 saturated carbocycles. The Kier molecular flexibility index (Phi) is 5.93. The van der Waals surface area contributed by atoms with Crippen molar-refractivity contribution in [2.24, 2.45) is 0 Å². The molecule has 1 saturated heterocycles. The van der Waals surface area contributed by atoms with Gasteiger partial charge in [0.05, 0.1) is 13.2 Å². The van der Waals surface area contributed by atoms with Gasteiger partial charge in [-0.15, -0.1) is 0 Å². The summed E-state index contributed by atoms with van der Waals surface area (Å²) in [6.45, 7) is 5.66. The van der Waals surface area contributed by atoms with Gasteiger partial charge in [-0.1, -0.05) is 54.6 Å². The molecule has 1 heterocycles. The lowest BCUT2D eigenvalue weighted by molar-refractivity contribution is 0.0341. The zero-order chi connectivity index (χ0) is 19.2. The second-order valence-corrected chi connectivity index (χ2v) is 7.84. The highest BCUT2D eigenvalue weighted by atomic mass is 16.5. The minimum atomic E-state index is -0.0941. The minimum Gasteiger partial charge on any atom is -0.379 e. The Hall–Kier alpha value is -2.37.